The Hall–Kier alpha value is -4.96. The zero-order chi connectivity index (χ0) is 25.2. The van der Waals surface area contributed by atoms with Crippen molar-refractivity contribution in [3.05, 3.63) is 168 Å². The lowest BCUT2D eigenvalue weighted by atomic mass is 9.77. The van der Waals surface area contributed by atoms with Crippen LogP contribution in [0.15, 0.2) is 140 Å². The van der Waals surface area contributed by atoms with E-state index in [1.54, 1.807) is 24.5 Å². The zero-order valence-electron chi connectivity index (χ0n) is 20.0. The molecule has 0 aliphatic rings. The molecule has 0 unspecified atom stereocenters. The lowest BCUT2D eigenvalue weighted by Gasteiger charge is -2.37. The molecule has 0 atom stereocenters. The van der Waals surface area contributed by atoms with Gasteiger partial charge in [-0.2, -0.15) is 0 Å². The van der Waals surface area contributed by atoms with Crippen molar-refractivity contribution in [2.24, 2.45) is 0 Å². The van der Waals surface area contributed by atoms with Gasteiger partial charge in [-0.1, -0.05) is 109 Å². The molecule has 1 N–H and O–H groups in total. The summed E-state index contributed by atoms with van der Waals surface area (Å²) >= 11 is 0. The number of aromatic nitrogens is 2. The summed E-state index contributed by atoms with van der Waals surface area (Å²) < 4.78 is 2.04. The number of fused-ring (bicyclic) bond motifs is 1. The van der Waals surface area contributed by atoms with Gasteiger partial charge in [-0.05, 0) is 45.7 Å². The minimum absolute atomic E-state index is 0.156. The number of carbonyl (C=O) groups is 1. The number of hydrogen-bond donors (Lipinski definition) is 1. The lowest BCUT2D eigenvalue weighted by molar-refractivity contribution is 0.103. The van der Waals surface area contributed by atoms with Gasteiger partial charge >= 0.3 is 0 Å². The van der Waals surface area contributed by atoms with Gasteiger partial charge in [0, 0.05) is 11.8 Å². The van der Waals surface area contributed by atoms with Crippen LogP contribution >= 0.6 is 0 Å². The van der Waals surface area contributed by atoms with Crippen LogP contribution in [0, 0.1) is 0 Å². The average Bonchev–Trinajstić information content (AvgIpc) is 3.45. The summed E-state index contributed by atoms with van der Waals surface area (Å²) in [6, 6.07) is 41.5. The highest BCUT2D eigenvalue weighted by molar-refractivity contribution is 6.09. The second-order valence-electron chi connectivity index (χ2n) is 9.05. The highest BCUT2D eigenvalue weighted by Crippen LogP contribution is 2.40. The molecule has 0 saturated carbocycles. The maximum atomic E-state index is 13.6. The average molecular weight is 481 g/mol. The highest BCUT2D eigenvalue weighted by atomic mass is 16.3. The summed E-state index contributed by atoms with van der Waals surface area (Å²) in [4.78, 5) is 18.2. The van der Waals surface area contributed by atoms with E-state index in [1.165, 1.54) is 0 Å². The van der Waals surface area contributed by atoms with Gasteiger partial charge in [0.05, 0.1) is 6.33 Å². The van der Waals surface area contributed by atoms with Crippen LogP contribution in [0.1, 0.15) is 32.7 Å². The molecular formula is C33H24N2O2. The van der Waals surface area contributed by atoms with Crippen LogP contribution in [0.4, 0.5) is 0 Å². The van der Waals surface area contributed by atoms with Crippen LogP contribution in [0.3, 0.4) is 0 Å². The molecule has 37 heavy (non-hydrogen) atoms. The molecule has 5 aromatic carbocycles. The SMILES string of the molecule is O=C(c1ccc2cc(O)ccc2c1)c1cn(C(c2ccccc2)(c2ccccc2)c2ccccc2)cn1. The molecule has 0 radical (unpaired) electrons. The molecule has 0 saturated heterocycles. The van der Waals surface area contributed by atoms with E-state index < -0.39 is 5.54 Å². The summed E-state index contributed by atoms with van der Waals surface area (Å²) in [5.41, 5.74) is 3.38. The van der Waals surface area contributed by atoms with Gasteiger partial charge in [0.25, 0.3) is 0 Å². The van der Waals surface area contributed by atoms with Crippen molar-refractivity contribution in [2.75, 3.05) is 0 Å². The van der Waals surface area contributed by atoms with E-state index in [0.717, 1.165) is 27.5 Å². The van der Waals surface area contributed by atoms with Gasteiger partial charge < -0.3 is 9.67 Å². The number of phenolic OH excluding ortho intramolecular Hbond substituents is 1. The molecule has 1 heterocycles. The number of aromatic hydroxyl groups is 1. The number of imidazole rings is 1. The molecule has 0 amide bonds. The second-order valence-corrected chi connectivity index (χ2v) is 9.05. The number of hydrogen-bond acceptors (Lipinski definition) is 3. The quantitative estimate of drug-likeness (QED) is 0.210. The van der Waals surface area contributed by atoms with Crippen molar-refractivity contribution < 1.29 is 9.90 Å². The fraction of sp³-hybridized carbons (Fsp3) is 0.0303. The Morgan fingerprint density at radius 3 is 1.73 bits per heavy atom. The molecule has 0 spiro atoms. The number of ketones is 1. The van der Waals surface area contributed by atoms with Crippen LogP contribution < -0.4 is 0 Å². The smallest absolute Gasteiger partial charge is 0.212 e. The first kappa shape index (κ1) is 22.5. The van der Waals surface area contributed by atoms with Crippen molar-refractivity contribution in [2.45, 2.75) is 5.54 Å². The number of phenols is 1. The van der Waals surface area contributed by atoms with Crippen molar-refractivity contribution in [1.82, 2.24) is 9.55 Å². The largest absolute Gasteiger partial charge is 0.508 e. The first-order chi connectivity index (χ1) is 18.2. The monoisotopic (exact) mass is 480 g/mol. The zero-order valence-corrected chi connectivity index (χ0v) is 20.0. The number of nitrogens with zero attached hydrogens (tertiary/aromatic N) is 2. The molecule has 1 aromatic heterocycles. The first-order valence-corrected chi connectivity index (χ1v) is 12.1. The Bertz CT molecular complexity index is 1590. The van der Waals surface area contributed by atoms with Gasteiger partial charge in [-0.25, -0.2) is 4.98 Å². The predicted molar refractivity (Wildman–Crippen MR) is 146 cm³/mol. The van der Waals surface area contributed by atoms with Crippen molar-refractivity contribution in [3.8, 4) is 5.75 Å². The number of rotatable bonds is 6. The fourth-order valence-electron chi connectivity index (χ4n) is 5.13. The lowest BCUT2D eigenvalue weighted by Crippen LogP contribution is -2.37. The normalized spacial score (nSPS) is 11.5. The summed E-state index contributed by atoms with van der Waals surface area (Å²) in [5.74, 6) is 0.0428. The maximum Gasteiger partial charge on any atom is 0.212 e. The second kappa shape index (κ2) is 9.25. The van der Waals surface area contributed by atoms with E-state index in [9.17, 15) is 9.90 Å². The summed E-state index contributed by atoms with van der Waals surface area (Å²) in [6.07, 6.45) is 3.59. The molecule has 4 nitrogen and oxygen atoms in total. The predicted octanol–water partition coefficient (Wildman–Crippen LogP) is 6.81. The van der Waals surface area contributed by atoms with Crippen molar-refractivity contribution in [3.63, 3.8) is 0 Å². The number of benzene rings is 5. The third-order valence-corrected chi connectivity index (χ3v) is 6.86. The van der Waals surface area contributed by atoms with E-state index in [4.69, 9.17) is 0 Å². The highest BCUT2D eigenvalue weighted by Gasteiger charge is 2.38. The van der Waals surface area contributed by atoms with Crippen LogP contribution in [-0.2, 0) is 5.54 Å². The molecular weight excluding hydrogens is 456 g/mol. The molecule has 0 aliphatic heterocycles. The van der Waals surface area contributed by atoms with Gasteiger partial charge in [0.2, 0.25) is 5.78 Å². The van der Waals surface area contributed by atoms with Crippen LogP contribution in [0.5, 0.6) is 5.75 Å². The molecule has 0 fully saturated rings. The first-order valence-electron chi connectivity index (χ1n) is 12.1. The van der Waals surface area contributed by atoms with E-state index >= 15 is 0 Å². The van der Waals surface area contributed by atoms with Gasteiger partial charge in [0.1, 0.15) is 17.0 Å². The molecule has 0 aliphatic carbocycles. The van der Waals surface area contributed by atoms with Crippen molar-refractivity contribution in [1.29, 1.82) is 0 Å². The minimum atomic E-state index is -0.726. The van der Waals surface area contributed by atoms with E-state index in [1.807, 2.05) is 83.6 Å². The Kier molecular flexibility index (Phi) is 5.62. The third kappa shape index (κ3) is 3.89. The maximum absolute atomic E-state index is 13.6. The van der Waals surface area contributed by atoms with E-state index in [0.29, 0.717) is 11.3 Å². The molecule has 0 bridgehead atoms. The van der Waals surface area contributed by atoms with Crippen LogP contribution in [-0.4, -0.2) is 20.4 Å². The molecule has 6 rings (SSSR count). The van der Waals surface area contributed by atoms with Gasteiger partial charge in [0.15, 0.2) is 0 Å². The fourth-order valence-corrected chi connectivity index (χ4v) is 5.13. The Labute approximate surface area is 215 Å². The molecule has 178 valence electrons. The van der Waals surface area contributed by atoms with Crippen molar-refractivity contribution >= 4 is 16.6 Å². The Balaban J connectivity index is 1.53. The summed E-state index contributed by atoms with van der Waals surface area (Å²) in [5, 5.41) is 11.5. The Morgan fingerprint density at radius 2 is 1.16 bits per heavy atom. The third-order valence-electron chi connectivity index (χ3n) is 6.86. The topological polar surface area (TPSA) is 55.1 Å². The van der Waals surface area contributed by atoms with Gasteiger partial charge in [-0.3, -0.25) is 4.79 Å². The van der Waals surface area contributed by atoms with Crippen LogP contribution in [0.2, 0.25) is 0 Å². The van der Waals surface area contributed by atoms with Gasteiger partial charge in [-0.15, -0.1) is 0 Å². The summed E-state index contributed by atoms with van der Waals surface area (Å²) in [6.45, 7) is 0. The van der Waals surface area contributed by atoms with E-state index in [-0.39, 0.29) is 11.5 Å². The molecule has 6 aromatic rings. The summed E-state index contributed by atoms with van der Waals surface area (Å²) in [7, 11) is 0. The standard InChI is InChI=1S/C33H24N2O2/c36-30-19-18-24-20-26(17-16-25(24)21-30)32(37)31-22-35(23-34-31)33(27-10-4-1-5-11-27,28-12-6-2-7-13-28)29-14-8-3-9-15-29/h1-23,36H. The number of carbonyl (C=O) groups excluding carboxylic acids is 1. The molecule has 4 heteroatoms. The van der Waals surface area contributed by atoms with Crippen LogP contribution in [0.25, 0.3) is 10.8 Å². The van der Waals surface area contributed by atoms with E-state index in [2.05, 4.69) is 41.4 Å². The Morgan fingerprint density at radius 1 is 0.649 bits per heavy atom. The minimum Gasteiger partial charge on any atom is -0.508 e.